The van der Waals surface area contributed by atoms with Crippen LogP contribution in [0.4, 0.5) is 0 Å². The molecule has 3 heteroatoms. The number of rotatable bonds is 4. The van der Waals surface area contributed by atoms with Crippen molar-refractivity contribution in [1.82, 2.24) is 13.7 Å². The lowest BCUT2D eigenvalue weighted by molar-refractivity contribution is 1.15. The van der Waals surface area contributed by atoms with Crippen LogP contribution in [0, 0.1) is 0 Å². The third kappa shape index (κ3) is 4.12. The molecule has 0 saturated heterocycles. The number of nitrogens with zero attached hydrogens (tertiary/aromatic N) is 3. The summed E-state index contributed by atoms with van der Waals surface area (Å²) < 4.78 is 282. The largest absolute Gasteiger partial charge is 0.309 e. The molecular weight excluding hydrogens is 619 g/mol. The zero-order valence-electron chi connectivity index (χ0n) is 56.3. The minimum atomic E-state index is -1.10. The van der Waals surface area contributed by atoms with Crippen LogP contribution in [0.5, 0.6) is 0 Å². The van der Waals surface area contributed by atoms with Crippen LogP contribution in [0.3, 0.4) is 0 Å². The number of hydrogen-bond donors (Lipinski definition) is 0. The van der Waals surface area contributed by atoms with Crippen LogP contribution >= 0.6 is 0 Å². The molecule has 0 bridgehead atoms. The van der Waals surface area contributed by atoms with E-state index in [-0.39, 0.29) is 0 Å². The van der Waals surface area contributed by atoms with Crippen molar-refractivity contribution in [2.45, 2.75) is 0 Å². The Morgan fingerprint density at radius 2 is 0.627 bits per heavy atom. The summed E-state index contributed by atoms with van der Waals surface area (Å²) >= 11 is 0. The first-order valence-corrected chi connectivity index (χ1v) is 15.0. The van der Waals surface area contributed by atoms with Crippen LogP contribution in [0.2, 0.25) is 0 Å². The zero-order chi connectivity index (χ0) is 60.4. The Kier molecular flexibility index (Phi) is 2.41. The van der Waals surface area contributed by atoms with Gasteiger partial charge in [-0.05, 0) is 77.6 Å². The van der Waals surface area contributed by atoms with Crippen LogP contribution in [0.1, 0.15) is 42.5 Å². The predicted molar refractivity (Wildman–Crippen MR) is 215 cm³/mol. The van der Waals surface area contributed by atoms with Crippen LogP contribution in [-0.2, 0) is 0 Å². The Balaban J connectivity index is 1.38. The molecule has 0 fully saturated rings. The molecule has 0 N–H and O–H groups in total. The first kappa shape index (κ1) is 11.3. The molecule has 8 aromatic carbocycles. The Hall–Kier alpha value is -6.84. The summed E-state index contributed by atoms with van der Waals surface area (Å²) in [6.07, 6.45) is 0. The third-order valence-electron chi connectivity index (χ3n) is 8.35. The fourth-order valence-corrected chi connectivity index (χ4v) is 6.24. The molecule has 0 aliphatic carbocycles. The number of benzene rings is 8. The maximum Gasteiger partial charge on any atom is 0.0667 e. The maximum absolute atomic E-state index is 10.1. The summed E-state index contributed by atoms with van der Waals surface area (Å²) in [6.45, 7) is 0. The minimum Gasteiger partial charge on any atom is -0.309 e. The summed E-state index contributed by atoms with van der Waals surface area (Å²) in [4.78, 5) is 0. The van der Waals surface area contributed by atoms with E-state index in [1.54, 1.807) is 0 Å². The van der Waals surface area contributed by atoms with Gasteiger partial charge in [-0.25, -0.2) is 0 Å². The standard InChI is InChI=1S/C48H31N3/c1-2-12-32(13-3-1)33-22-24-34(25-23-33)49-43-18-8-6-16-39(43)41-28-26-36(31-48(41)49)51-46-21-11-7-17-40(46)42-30-35(27-29-47(42)51)50-44-19-9-4-14-37(44)38-15-5-10-20-45(38)50/h1-31H/i1D,2D,3D,4D,5D,6D,7D,8D,9D,10D,11D,12D,13D,14D,15D,16D,17D,18D,19D,20D,21D,22D,23D,24D,25D,26D,27D,28D,29D,30D,31D. The van der Waals surface area contributed by atoms with Crippen molar-refractivity contribution >= 4 is 65.4 Å². The second-order valence-corrected chi connectivity index (χ2v) is 11.0. The molecule has 0 atom stereocenters. The van der Waals surface area contributed by atoms with Crippen molar-refractivity contribution in [3.8, 4) is 28.2 Å². The van der Waals surface area contributed by atoms with E-state index in [1.165, 1.54) is 0 Å². The molecule has 3 aromatic heterocycles. The second kappa shape index (κ2) is 10.8. The number of hydrogen-bond acceptors (Lipinski definition) is 0. The Morgan fingerprint density at radius 1 is 0.255 bits per heavy atom. The van der Waals surface area contributed by atoms with E-state index >= 15 is 0 Å². The van der Waals surface area contributed by atoms with Gasteiger partial charge in [-0.1, -0.05) is 121 Å². The normalized spacial score (nSPS) is 20.4. The van der Waals surface area contributed by atoms with Crippen molar-refractivity contribution in [3.05, 3.63) is 187 Å². The molecule has 0 amide bonds. The van der Waals surface area contributed by atoms with E-state index < -0.39 is 281 Å². The molecule has 0 aliphatic heterocycles. The van der Waals surface area contributed by atoms with E-state index in [0.717, 1.165) is 4.57 Å². The van der Waals surface area contributed by atoms with E-state index in [0.29, 0.717) is 9.13 Å². The quantitative estimate of drug-likeness (QED) is 0.176. The molecule has 0 spiro atoms. The smallest absolute Gasteiger partial charge is 0.0667 e. The number of aromatic nitrogens is 3. The lowest BCUT2D eigenvalue weighted by Gasteiger charge is -2.12. The third-order valence-corrected chi connectivity index (χ3v) is 8.35. The van der Waals surface area contributed by atoms with Gasteiger partial charge in [-0.15, -0.1) is 0 Å². The van der Waals surface area contributed by atoms with Crippen molar-refractivity contribution in [3.63, 3.8) is 0 Å². The molecular formula is C48H31N3. The Bertz CT molecular complexity index is 4800. The highest BCUT2D eigenvalue weighted by molar-refractivity contribution is 6.13. The van der Waals surface area contributed by atoms with Crippen LogP contribution < -0.4 is 0 Å². The van der Waals surface area contributed by atoms with Crippen molar-refractivity contribution in [2.24, 2.45) is 0 Å². The summed E-state index contributed by atoms with van der Waals surface area (Å²) in [6, 6.07) is -29.4. The predicted octanol–water partition coefficient (Wildman–Crippen LogP) is 12.6. The topological polar surface area (TPSA) is 14.8 Å². The van der Waals surface area contributed by atoms with Crippen LogP contribution in [0.15, 0.2) is 187 Å². The molecule has 11 aromatic rings. The highest BCUT2D eigenvalue weighted by Crippen LogP contribution is 2.39. The van der Waals surface area contributed by atoms with Gasteiger partial charge in [-0.2, -0.15) is 0 Å². The van der Waals surface area contributed by atoms with Gasteiger partial charge in [0.2, 0.25) is 0 Å². The summed E-state index contributed by atoms with van der Waals surface area (Å²) in [7, 11) is 0. The molecule has 238 valence electrons. The Morgan fingerprint density at radius 3 is 1.20 bits per heavy atom. The molecule has 3 heterocycles. The molecule has 3 nitrogen and oxygen atoms in total. The average molecular weight is 681 g/mol. The number of fused-ring (bicyclic) bond motifs is 9. The van der Waals surface area contributed by atoms with Crippen molar-refractivity contribution in [2.75, 3.05) is 0 Å². The van der Waals surface area contributed by atoms with Gasteiger partial charge in [0.15, 0.2) is 0 Å². The molecule has 11 rings (SSSR count). The van der Waals surface area contributed by atoms with Gasteiger partial charge >= 0.3 is 0 Å². The van der Waals surface area contributed by atoms with Crippen molar-refractivity contribution < 1.29 is 42.5 Å². The fraction of sp³-hybridized carbons (Fsp3) is 0. The molecule has 0 unspecified atom stereocenters. The fourth-order valence-electron chi connectivity index (χ4n) is 6.24. The summed E-state index contributed by atoms with van der Waals surface area (Å²) in [5.74, 6) is 0. The van der Waals surface area contributed by atoms with E-state index in [9.17, 15) is 17.8 Å². The lowest BCUT2D eigenvalue weighted by atomic mass is 10.1. The van der Waals surface area contributed by atoms with Gasteiger partial charge in [0.25, 0.3) is 0 Å². The summed E-state index contributed by atoms with van der Waals surface area (Å²) in [5, 5.41) is -3.56. The second-order valence-electron chi connectivity index (χ2n) is 11.0. The van der Waals surface area contributed by atoms with E-state index in [2.05, 4.69) is 0 Å². The SMILES string of the molecule is [2H]c1c([2H])c([2H])c(-c2c([2H])c([2H])c(-n3c4c([2H])c([2H])c([2H])c([2H])c4c4c([2H])c([2H])c(-n5c6c([2H])c([2H])c([2H])c([2H])c6c6c([2H])c(-n7c8c([2H])c([2H])c([2H])c([2H])c8c8c([2H])c([2H])c([2H])c([2H])c87)c([2H])c([2H])c65)c([2H])c43)c([2H])c2[2H])c([2H])c1[2H]. The highest BCUT2D eigenvalue weighted by atomic mass is 15.0. The summed E-state index contributed by atoms with van der Waals surface area (Å²) in [5.41, 5.74) is -8.36. The van der Waals surface area contributed by atoms with Gasteiger partial charge in [0, 0.05) is 49.4 Å². The van der Waals surface area contributed by atoms with E-state index in [4.69, 9.17) is 24.7 Å². The van der Waals surface area contributed by atoms with Gasteiger partial charge in [0.05, 0.1) is 75.6 Å². The molecule has 0 aliphatic rings. The molecule has 0 saturated carbocycles. The Labute approximate surface area is 338 Å². The average Bonchev–Trinajstić information content (AvgIpc) is 2.47. The minimum absolute atomic E-state index is 0.487. The van der Waals surface area contributed by atoms with Crippen LogP contribution in [-0.4, -0.2) is 13.7 Å². The molecule has 0 radical (unpaired) electrons. The van der Waals surface area contributed by atoms with Gasteiger partial charge in [0.1, 0.15) is 0 Å². The van der Waals surface area contributed by atoms with Gasteiger partial charge in [-0.3, -0.25) is 0 Å². The number of para-hydroxylation sites is 4. The first-order valence-electron chi connectivity index (χ1n) is 30.5. The first-order chi connectivity index (χ1) is 38.2. The van der Waals surface area contributed by atoms with Crippen LogP contribution in [0.25, 0.3) is 93.6 Å². The van der Waals surface area contributed by atoms with Gasteiger partial charge < -0.3 is 13.7 Å². The zero-order valence-corrected chi connectivity index (χ0v) is 25.3. The van der Waals surface area contributed by atoms with Crippen molar-refractivity contribution in [1.29, 1.82) is 0 Å². The maximum atomic E-state index is 10.1. The molecule has 51 heavy (non-hydrogen) atoms. The monoisotopic (exact) mass is 680 g/mol. The highest BCUT2D eigenvalue weighted by Gasteiger charge is 2.18. The lowest BCUT2D eigenvalue weighted by Crippen LogP contribution is -1.97. The van der Waals surface area contributed by atoms with E-state index in [1.807, 2.05) is 0 Å².